The maximum atomic E-state index is 12.3. The minimum Gasteiger partial charge on any atom is -0.481 e. The zero-order valence-electron chi connectivity index (χ0n) is 12.9. The molecular weight excluding hydrogens is 280 g/mol. The molecule has 6 heteroatoms. The largest absolute Gasteiger partial charge is 0.481 e. The third-order valence-electron chi connectivity index (χ3n) is 4.29. The van der Waals surface area contributed by atoms with Gasteiger partial charge in [0.2, 0.25) is 17.7 Å². The van der Waals surface area contributed by atoms with Gasteiger partial charge in [-0.15, -0.1) is 0 Å². The van der Waals surface area contributed by atoms with Crippen molar-refractivity contribution in [2.75, 3.05) is 38.2 Å². The van der Waals surface area contributed by atoms with Crippen LogP contribution in [0.5, 0.6) is 5.88 Å². The molecule has 0 aromatic carbocycles. The molecule has 2 aliphatic rings. The van der Waals surface area contributed by atoms with Gasteiger partial charge in [0.15, 0.2) is 0 Å². The first-order valence-electron chi connectivity index (χ1n) is 7.82. The number of amides is 1. The summed E-state index contributed by atoms with van der Waals surface area (Å²) in [5, 5.41) is 0. The van der Waals surface area contributed by atoms with Crippen LogP contribution in [0.4, 0.5) is 5.95 Å². The fourth-order valence-electron chi connectivity index (χ4n) is 2.97. The third-order valence-corrected chi connectivity index (χ3v) is 4.29. The zero-order chi connectivity index (χ0) is 15.4. The predicted molar refractivity (Wildman–Crippen MR) is 83.9 cm³/mol. The fourth-order valence-corrected chi connectivity index (χ4v) is 2.97. The highest BCUT2D eigenvalue weighted by molar-refractivity contribution is 5.77. The Morgan fingerprint density at radius 3 is 2.86 bits per heavy atom. The van der Waals surface area contributed by atoms with Gasteiger partial charge < -0.3 is 14.5 Å². The first-order valence-corrected chi connectivity index (χ1v) is 7.82. The SMILES string of the molecule is COc1ccnc(N2CCN(C(=O)C[C@H]3C=CCC3)CC2)n1. The fraction of sp³-hybridized carbons (Fsp3) is 0.562. The monoisotopic (exact) mass is 302 g/mol. The number of piperazine rings is 1. The van der Waals surface area contributed by atoms with E-state index in [-0.39, 0.29) is 5.91 Å². The Hall–Kier alpha value is -2.11. The standard InChI is InChI=1S/C16H22N4O2/c1-22-14-6-7-17-16(18-14)20-10-8-19(9-11-20)15(21)12-13-4-2-3-5-13/h2,4,6-7,13H,3,5,8-12H2,1H3/t13-/m0/s1. The molecule has 22 heavy (non-hydrogen) atoms. The van der Waals surface area contributed by atoms with E-state index in [1.807, 2.05) is 4.90 Å². The summed E-state index contributed by atoms with van der Waals surface area (Å²) in [6.07, 6.45) is 8.92. The van der Waals surface area contributed by atoms with Gasteiger partial charge in [-0.1, -0.05) is 12.2 Å². The minimum atomic E-state index is 0.266. The van der Waals surface area contributed by atoms with Crippen LogP contribution >= 0.6 is 0 Å². The van der Waals surface area contributed by atoms with Crippen molar-refractivity contribution in [3.05, 3.63) is 24.4 Å². The van der Waals surface area contributed by atoms with Crippen molar-refractivity contribution in [3.8, 4) is 5.88 Å². The maximum absolute atomic E-state index is 12.3. The molecule has 1 fully saturated rings. The normalized spacial score (nSPS) is 21.2. The maximum Gasteiger partial charge on any atom is 0.228 e. The lowest BCUT2D eigenvalue weighted by Crippen LogP contribution is -2.49. The number of hydrogen-bond acceptors (Lipinski definition) is 5. The molecule has 1 aliphatic heterocycles. The van der Waals surface area contributed by atoms with Crippen LogP contribution in [0.25, 0.3) is 0 Å². The number of allylic oxidation sites excluding steroid dienone is 2. The van der Waals surface area contributed by atoms with Gasteiger partial charge >= 0.3 is 0 Å². The highest BCUT2D eigenvalue weighted by Crippen LogP contribution is 2.22. The van der Waals surface area contributed by atoms with Crippen LogP contribution in [0.2, 0.25) is 0 Å². The lowest BCUT2D eigenvalue weighted by molar-refractivity contribution is -0.132. The lowest BCUT2D eigenvalue weighted by Gasteiger charge is -2.35. The molecule has 3 rings (SSSR count). The highest BCUT2D eigenvalue weighted by Gasteiger charge is 2.24. The van der Waals surface area contributed by atoms with E-state index in [4.69, 9.17) is 4.74 Å². The number of carbonyl (C=O) groups excluding carboxylic acids is 1. The molecule has 0 N–H and O–H groups in total. The van der Waals surface area contributed by atoms with E-state index in [1.165, 1.54) is 0 Å². The van der Waals surface area contributed by atoms with E-state index < -0.39 is 0 Å². The minimum absolute atomic E-state index is 0.266. The van der Waals surface area contributed by atoms with E-state index in [1.54, 1.807) is 19.4 Å². The number of rotatable bonds is 4. The average Bonchev–Trinajstić information content (AvgIpc) is 3.08. The molecule has 118 valence electrons. The molecule has 0 radical (unpaired) electrons. The molecule has 0 unspecified atom stereocenters. The molecule has 0 saturated carbocycles. The summed E-state index contributed by atoms with van der Waals surface area (Å²) in [6.45, 7) is 2.99. The molecule has 1 aromatic heterocycles. The van der Waals surface area contributed by atoms with E-state index in [0.29, 0.717) is 24.2 Å². The number of carbonyl (C=O) groups is 1. The second-order valence-electron chi connectivity index (χ2n) is 5.74. The van der Waals surface area contributed by atoms with Crippen LogP contribution in [-0.4, -0.2) is 54.1 Å². The summed E-state index contributed by atoms with van der Waals surface area (Å²) >= 11 is 0. The van der Waals surface area contributed by atoms with Crippen molar-refractivity contribution < 1.29 is 9.53 Å². The van der Waals surface area contributed by atoms with E-state index in [0.717, 1.165) is 39.0 Å². The van der Waals surface area contributed by atoms with Gasteiger partial charge in [0.25, 0.3) is 0 Å². The zero-order valence-corrected chi connectivity index (χ0v) is 12.9. The van der Waals surface area contributed by atoms with Gasteiger partial charge in [-0.2, -0.15) is 4.98 Å². The average molecular weight is 302 g/mol. The Morgan fingerprint density at radius 2 is 2.18 bits per heavy atom. The molecule has 0 bridgehead atoms. The highest BCUT2D eigenvalue weighted by atomic mass is 16.5. The van der Waals surface area contributed by atoms with Crippen molar-refractivity contribution in [1.29, 1.82) is 0 Å². The summed E-state index contributed by atoms with van der Waals surface area (Å²) < 4.78 is 5.13. The van der Waals surface area contributed by atoms with Crippen LogP contribution in [0, 0.1) is 5.92 Å². The lowest BCUT2D eigenvalue weighted by atomic mass is 10.0. The van der Waals surface area contributed by atoms with Crippen LogP contribution in [0.1, 0.15) is 19.3 Å². The summed E-state index contributed by atoms with van der Waals surface area (Å²) in [4.78, 5) is 25.0. The first-order chi connectivity index (χ1) is 10.8. The molecule has 6 nitrogen and oxygen atoms in total. The Kier molecular flexibility index (Phi) is 4.56. The van der Waals surface area contributed by atoms with Crippen LogP contribution in [-0.2, 0) is 4.79 Å². The van der Waals surface area contributed by atoms with E-state index in [9.17, 15) is 4.79 Å². The Balaban J connectivity index is 1.53. The molecule has 1 aromatic rings. The summed E-state index contributed by atoms with van der Waals surface area (Å²) in [5.41, 5.74) is 0. The van der Waals surface area contributed by atoms with Gasteiger partial charge in [0.1, 0.15) is 0 Å². The number of nitrogens with zero attached hydrogens (tertiary/aromatic N) is 4. The van der Waals surface area contributed by atoms with Gasteiger partial charge in [0, 0.05) is 44.9 Å². The van der Waals surface area contributed by atoms with Gasteiger partial charge in [-0.25, -0.2) is 4.98 Å². The smallest absolute Gasteiger partial charge is 0.228 e. The molecule has 0 spiro atoms. The van der Waals surface area contributed by atoms with E-state index in [2.05, 4.69) is 27.0 Å². The van der Waals surface area contributed by atoms with Gasteiger partial charge in [-0.3, -0.25) is 4.79 Å². The predicted octanol–water partition coefficient (Wildman–Crippen LogP) is 1.49. The van der Waals surface area contributed by atoms with Crippen molar-refractivity contribution in [3.63, 3.8) is 0 Å². The summed E-state index contributed by atoms with van der Waals surface area (Å²) in [5.74, 6) is 1.94. The number of ether oxygens (including phenoxy) is 1. The number of aromatic nitrogens is 2. The third kappa shape index (κ3) is 3.37. The molecular formula is C16H22N4O2. The Morgan fingerprint density at radius 1 is 1.36 bits per heavy atom. The van der Waals surface area contributed by atoms with Crippen LogP contribution in [0.15, 0.2) is 24.4 Å². The second-order valence-corrected chi connectivity index (χ2v) is 5.74. The topological polar surface area (TPSA) is 58.6 Å². The summed E-state index contributed by atoms with van der Waals surface area (Å²) in [7, 11) is 1.60. The molecule has 1 atom stereocenters. The number of methoxy groups -OCH3 is 1. The van der Waals surface area contributed by atoms with Crippen molar-refractivity contribution in [2.45, 2.75) is 19.3 Å². The number of hydrogen-bond donors (Lipinski definition) is 0. The first kappa shape index (κ1) is 14.8. The molecule has 1 saturated heterocycles. The van der Waals surface area contributed by atoms with Crippen molar-refractivity contribution in [2.24, 2.45) is 5.92 Å². The van der Waals surface area contributed by atoms with Gasteiger partial charge in [0.05, 0.1) is 7.11 Å². The molecule has 1 aliphatic carbocycles. The van der Waals surface area contributed by atoms with Crippen LogP contribution < -0.4 is 9.64 Å². The van der Waals surface area contributed by atoms with Crippen molar-refractivity contribution >= 4 is 11.9 Å². The van der Waals surface area contributed by atoms with Crippen molar-refractivity contribution in [1.82, 2.24) is 14.9 Å². The summed E-state index contributed by atoms with van der Waals surface area (Å²) in [6, 6.07) is 1.73. The Labute approximate surface area is 130 Å². The molecule has 1 amide bonds. The van der Waals surface area contributed by atoms with Crippen LogP contribution in [0.3, 0.4) is 0 Å². The van der Waals surface area contributed by atoms with E-state index >= 15 is 0 Å². The van der Waals surface area contributed by atoms with Gasteiger partial charge in [-0.05, 0) is 18.8 Å². The Bertz CT molecular complexity index is 553. The second kappa shape index (κ2) is 6.77. The molecule has 2 heterocycles. The number of anilines is 1. The quantitative estimate of drug-likeness (QED) is 0.789.